The van der Waals surface area contributed by atoms with E-state index in [1.807, 2.05) is 44.2 Å². The summed E-state index contributed by atoms with van der Waals surface area (Å²) >= 11 is 6.14. The molecule has 2 rings (SSSR count). The average molecular weight is 390 g/mol. The highest BCUT2D eigenvalue weighted by Crippen LogP contribution is 2.30. The molecule has 0 unspecified atom stereocenters. The minimum Gasteiger partial charge on any atom is -0.491 e. The Morgan fingerprint density at radius 2 is 1.70 bits per heavy atom. The van der Waals surface area contributed by atoms with Crippen molar-refractivity contribution in [3.8, 4) is 11.5 Å². The van der Waals surface area contributed by atoms with E-state index in [0.29, 0.717) is 18.9 Å². The standard InChI is InChI=1S/C22H28ClNO3/c1-15-12-17(13-16(2)21(15)23)27-14-20(25)24-10-11-26-19-9-7-6-8-18(19)22(3,4)5/h6-9,12-13H,10-11,14H2,1-5H3,(H,24,25). The van der Waals surface area contributed by atoms with Crippen molar-refractivity contribution in [2.75, 3.05) is 19.8 Å². The number of rotatable bonds is 7. The van der Waals surface area contributed by atoms with Gasteiger partial charge in [-0.3, -0.25) is 4.79 Å². The highest BCUT2D eigenvalue weighted by Gasteiger charge is 2.18. The van der Waals surface area contributed by atoms with Crippen LogP contribution in [0.4, 0.5) is 0 Å². The van der Waals surface area contributed by atoms with Gasteiger partial charge in [0.1, 0.15) is 18.1 Å². The number of halogens is 1. The van der Waals surface area contributed by atoms with E-state index >= 15 is 0 Å². The van der Waals surface area contributed by atoms with Crippen LogP contribution in [0.1, 0.15) is 37.5 Å². The molecule has 0 aliphatic rings. The number of para-hydroxylation sites is 1. The summed E-state index contributed by atoms with van der Waals surface area (Å²) in [6.07, 6.45) is 0. The van der Waals surface area contributed by atoms with Crippen LogP contribution in [-0.2, 0) is 10.2 Å². The second kappa shape index (κ2) is 9.14. The molecule has 0 saturated carbocycles. The molecule has 0 fully saturated rings. The first-order chi connectivity index (χ1) is 12.7. The minimum absolute atomic E-state index is 0.00250. The van der Waals surface area contributed by atoms with Crippen molar-refractivity contribution in [1.29, 1.82) is 0 Å². The maximum atomic E-state index is 12.0. The Hall–Kier alpha value is -2.20. The third kappa shape index (κ3) is 6.17. The third-order valence-electron chi connectivity index (χ3n) is 4.16. The Kier molecular flexibility index (Phi) is 7.14. The predicted octanol–water partition coefficient (Wildman–Crippen LogP) is 4.83. The van der Waals surface area contributed by atoms with Crippen molar-refractivity contribution in [1.82, 2.24) is 5.32 Å². The highest BCUT2D eigenvalue weighted by molar-refractivity contribution is 6.32. The first-order valence-corrected chi connectivity index (χ1v) is 9.45. The zero-order chi connectivity index (χ0) is 20.0. The van der Waals surface area contributed by atoms with Gasteiger partial charge in [-0.15, -0.1) is 0 Å². The predicted molar refractivity (Wildman–Crippen MR) is 110 cm³/mol. The largest absolute Gasteiger partial charge is 0.491 e. The van der Waals surface area contributed by atoms with Gasteiger partial charge in [-0.25, -0.2) is 0 Å². The first-order valence-electron chi connectivity index (χ1n) is 9.07. The van der Waals surface area contributed by atoms with Crippen LogP contribution >= 0.6 is 11.6 Å². The number of hydrogen-bond donors (Lipinski definition) is 1. The Labute approximate surface area is 166 Å². The lowest BCUT2D eigenvalue weighted by molar-refractivity contribution is -0.123. The highest BCUT2D eigenvalue weighted by atomic mass is 35.5. The summed E-state index contributed by atoms with van der Waals surface area (Å²) < 4.78 is 11.4. The molecule has 0 bridgehead atoms. The van der Waals surface area contributed by atoms with E-state index < -0.39 is 0 Å². The lowest BCUT2D eigenvalue weighted by Crippen LogP contribution is -2.32. The van der Waals surface area contributed by atoms with Crippen molar-refractivity contribution >= 4 is 17.5 Å². The number of carbonyl (C=O) groups is 1. The second-order valence-corrected chi connectivity index (χ2v) is 7.98. The molecule has 0 spiro atoms. The van der Waals surface area contributed by atoms with Crippen molar-refractivity contribution in [2.24, 2.45) is 0 Å². The Bertz CT molecular complexity index is 773. The molecule has 1 amide bonds. The number of amides is 1. The van der Waals surface area contributed by atoms with Crippen LogP contribution in [0.2, 0.25) is 5.02 Å². The molecular formula is C22H28ClNO3. The van der Waals surface area contributed by atoms with Crippen LogP contribution in [-0.4, -0.2) is 25.7 Å². The summed E-state index contributed by atoms with van der Waals surface area (Å²) in [6, 6.07) is 11.6. The number of ether oxygens (including phenoxy) is 2. The Morgan fingerprint density at radius 1 is 1.07 bits per heavy atom. The van der Waals surface area contributed by atoms with Crippen LogP contribution < -0.4 is 14.8 Å². The average Bonchev–Trinajstić information content (AvgIpc) is 2.61. The fraction of sp³-hybridized carbons (Fsp3) is 0.409. The first kappa shape index (κ1) is 21.1. The molecule has 0 saturated heterocycles. The normalized spacial score (nSPS) is 11.2. The molecule has 2 aromatic carbocycles. The number of aryl methyl sites for hydroxylation is 2. The van der Waals surface area contributed by atoms with E-state index in [1.54, 1.807) is 0 Å². The van der Waals surface area contributed by atoms with Gasteiger partial charge in [0.05, 0.1) is 6.54 Å². The summed E-state index contributed by atoms with van der Waals surface area (Å²) in [5.74, 6) is 1.30. The van der Waals surface area contributed by atoms with Crippen LogP contribution in [0, 0.1) is 13.8 Å². The van der Waals surface area contributed by atoms with Crippen molar-refractivity contribution in [3.63, 3.8) is 0 Å². The Morgan fingerprint density at radius 3 is 2.33 bits per heavy atom. The summed E-state index contributed by atoms with van der Waals surface area (Å²) in [4.78, 5) is 12.0. The molecule has 0 radical (unpaired) electrons. The minimum atomic E-state index is -0.187. The van der Waals surface area contributed by atoms with Gasteiger partial charge in [-0.05, 0) is 54.2 Å². The maximum absolute atomic E-state index is 12.0. The van der Waals surface area contributed by atoms with Crippen LogP contribution in [0.15, 0.2) is 36.4 Å². The Balaban J connectivity index is 1.77. The van der Waals surface area contributed by atoms with Crippen molar-refractivity contribution in [2.45, 2.75) is 40.0 Å². The lowest BCUT2D eigenvalue weighted by Gasteiger charge is -2.22. The molecule has 0 atom stereocenters. The fourth-order valence-electron chi connectivity index (χ4n) is 2.75. The van der Waals surface area contributed by atoms with Gasteiger partial charge in [0, 0.05) is 5.02 Å². The molecule has 0 aliphatic heterocycles. The van der Waals surface area contributed by atoms with Gasteiger partial charge < -0.3 is 14.8 Å². The van der Waals surface area contributed by atoms with E-state index in [-0.39, 0.29) is 17.9 Å². The van der Waals surface area contributed by atoms with Crippen LogP contribution in [0.5, 0.6) is 11.5 Å². The topological polar surface area (TPSA) is 47.6 Å². The lowest BCUT2D eigenvalue weighted by atomic mass is 9.86. The van der Waals surface area contributed by atoms with Gasteiger partial charge in [-0.1, -0.05) is 50.6 Å². The van der Waals surface area contributed by atoms with Gasteiger partial charge in [0.2, 0.25) is 0 Å². The quantitative estimate of drug-likeness (QED) is 0.690. The summed E-state index contributed by atoms with van der Waals surface area (Å²) in [5, 5.41) is 3.53. The number of nitrogens with one attached hydrogen (secondary N) is 1. The zero-order valence-electron chi connectivity index (χ0n) is 16.7. The van der Waals surface area contributed by atoms with E-state index in [4.69, 9.17) is 21.1 Å². The smallest absolute Gasteiger partial charge is 0.258 e. The summed E-state index contributed by atoms with van der Waals surface area (Å²) in [5.41, 5.74) is 3.01. The van der Waals surface area contributed by atoms with Crippen molar-refractivity contribution in [3.05, 3.63) is 58.1 Å². The molecule has 1 N–H and O–H groups in total. The van der Waals surface area contributed by atoms with E-state index in [1.165, 1.54) is 0 Å². The van der Waals surface area contributed by atoms with Gasteiger partial charge in [0.25, 0.3) is 5.91 Å². The molecule has 5 heteroatoms. The molecule has 2 aromatic rings. The molecule has 146 valence electrons. The monoisotopic (exact) mass is 389 g/mol. The maximum Gasteiger partial charge on any atom is 0.258 e. The third-order valence-corrected chi connectivity index (χ3v) is 4.75. The molecular weight excluding hydrogens is 362 g/mol. The fourth-order valence-corrected chi connectivity index (χ4v) is 2.86. The van der Waals surface area contributed by atoms with Crippen LogP contribution in [0.3, 0.4) is 0 Å². The molecule has 27 heavy (non-hydrogen) atoms. The molecule has 4 nitrogen and oxygen atoms in total. The van der Waals surface area contributed by atoms with Crippen LogP contribution in [0.25, 0.3) is 0 Å². The second-order valence-electron chi connectivity index (χ2n) is 7.60. The van der Waals surface area contributed by atoms with Gasteiger partial charge in [0.15, 0.2) is 6.61 Å². The summed E-state index contributed by atoms with van der Waals surface area (Å²) in [6.45, 7) is 11.0. The zero-order valence-corrected chi connectivity index (χ0v) is 17.4. The number of benzene rings is 2. The number of hydrogen-bond acceptors (Lipinski definition) is 3. The van der Waals surface area contributed by atoms with E-state index in [0.717, 1.165) is 27.5 Å². The molecule has 0 aromatic heterocycles. The summed E-state index contributed by atoms with van der Waals surface area (Å²) in [7, 11) is 0. The van der Waals surface area contributed by atoms with Crippen molar-refractivity contribution < 1.29 is 14.3 Å². The van der Waals surface area contributed by atoms with Gasteiger partial charge >= 0.3 is 0 Å². The SMILES string of the molecule is Cc1cc(OCC(=O)NCCOc2ccccc2C(C)(C)C)cc(C)c1Cl. The number of carbonyl (C=O) groups excluding carboxylic acids is 1. The molecule has 0 aliphatic carbocycles. The molecule has 0 heterocycles. The van der Waals surface area contributed by atoms with Gasteiger partial charge in [-0.2, -0.15) is 0 Å². The van der Waals surface area contributed by atoms with E-state index in [9.17, 15) is 4.79 Å². The van der Waals surface area contributed by atoms with E-state index in [2.05, 4.69) is 32.2 Å².